The van der Waals surface area contributed by atoms with Crippen molar-refractivity contribution in [3.8, 4) is 0 Å². The number of ether oxygens (including phenoxy) is 4. The number of hydrogen-bond acceptors (Lipinski definition) is 8. The number of rotatable bonds is 17. The topological polar surface area (TPSA) is 103 Å². The Morgan fingerprint density at radius 1 is 0.917 bits per heavy atom. The molecule has 1 saturated heterocycles. The molecule has 0 aromatic heterocycles. The summed E-state index contributed by atoms with van der Waals surface area (Å²) in [6, 6.07) is 30.5. The Hall–Kier alpha value is -3.06. The minimum absolute atomic E-state index is 0.00598. The molecule has 3 aromatic carbocycles. The monoisotopic (exact) mass is 802 g/mol. The third-order valence-corrected chi connectivity index (χ3v) is 20.8. The van der Waals surface area contributed by atoms with Gasteiger partial charge in [-0.25, -0.2) is 0 Å². The van der Waals surface area contributed by atoms with Crippen LogP contribution >= 0.6 is 38.0 Å². The molecular weight excluding hydrogens is 762 g/mol. The van der Waals surface area contributed by atoms with Gasteiger partial charge >= 0.3 is 270 Å². The summed E-state index contributed by atoms with van der Waals surface area (Å²) in [6.07, 6.45) is 2.01. The Morgan fingerprint density at radius 3 is 2.00 bits per heavy atom. The Morgan fingerprint density at radius 2 is 1.46 bits per heavy atom. The molecule has 48 heavy (non-hydrogen) atoms. The van der Waals surface area contributed by atoms with E-state index in [-0.39, 0.29) is 31.4 Å². The number of fused-ring (bicyclic) bond motifs is 1. The molecule has 0 radical (unpaired) electrons. The second-order valence-electron chi connectivity index (χ2n) is 11.3. The van der Waals surface area contributed by atoms with Crippen LogP contribution in [0.3, 0.4) is 0 Å². The van der Waals surface area contributed by atoms with Gasteiger partial charge in [0, 0.05) is 7.11 Å². The van der Waals surface area contributed by atoms with Gasteiger partial charge in [-0.05, 0) is 0 Å². The summed E-state index contributed by atoms with van der Waals surface area (Å²) in [5.41, 5.74) is 1.07. The molecule has 2 aliphatic heterocycles. The number of thioether (sulfide) groups is 1. The summed E-state index contributed by atoms with van der Waals surface area (Å²) in [4.78, 5) is 41.9. The van der Waals surface area contributed by atoms with Crippen LogP contribution in [0.2, 0.25) is 0 Å². The molecule has 3 aromatic rings. The maximum absolute atomic E-state index is 13.9. The fourth-order valence-electron chi connectivity index (χ4n) is 6.03. The number of nitrogens with one attached hydrogen (secondary N) is 1. The molecule has 2 heterocycles. The number of esters is 1. The van der Waals surface area contributed by atoms with E-state index in [9.17, 15) is 14.4 Å². The number of carbonyl (C=O) groups is 3. The van der Waals surface area contributed by atoms with Gasteiger partial charge in [0.05, 0.1) is 13.2 Å². The summed E-state index contributed by atoms with van der Waals surface area (Å²) >= 11 is 4.21. The van der Waals surface area contributed by atoms with Gasteiger partial charge in [0.1, 0.15) is 0 Å². The second-order valence-corrected chi connectivity index (χ2v) is 23.0. The molecule has 2 amide bonds. The number of methoxy groups -OCH3 is 1. The standard InChI is InChI=1S/C36H40IN2O7PS/c1-3-19-46-36(42)33-27(26-48-35-32(34(41)39(33)35)38-31(40)24-45-23-22-44-21-20-43-2)25-47(37,28-13-7-4-8-14-28,29-15-9-5-10-16-29)30-17-11-6-12-18-30/h3-18,32,35H,1,19-26H2,2H3,(H,38,40). The summed E-state index contributed by atoms with van der Waals surface area (Å²) in [7, 11) is 1.59. The molecule has 2 aliphatic rings. The van der Waals surface area contributed by atoms with Crippen LogP contribution in [0.25, 0.3) is 0 Å². The van der Waals surface area contributed by atoms with Crippen LogP contribution in [-0.2, 0) is 33.3 Å². The quantitative estimate of drug-likeness (QED) is 0.0548. The fourth-order valence-corrected chi connectivity index (χ4v) is 16.5. The summed E-state index contributed by atoms with van der Waals surface area (Å²) in [5, 5.41) is 5.82. The van der Waals surface area contributed by atoms with Crippen molar-refractivity contribution in [3.05, 3.63) is 115 Å². The SMILES string of the molecule is C=CCOC(=O)C1=C(CP(I)(c2ccccc2)(c2ccccc2)c2ccccc2)CSC2C(NC(=O)COCCOCCOC)C(=O)N12. The van der Waals surface area contributed by atoms with Crippen LogP contribution in [0.15, 0.2) is 115 Å². The van der Waals surface area contributed by atoms with Gasteiger partial charge in [0.15, 0.2) is 0 Å². The fraction of sp³-hybridized carbons (Fsp3) is 0.306. The molecule has 12 heteroatoms. The van der Waals surface area contributed by atoms with Crippen LogP contribution in [0, 0.1) is 0 Å². The molecule has 2 unspecified atom stereocenters. The van der Waals surface area contributed by atoms with E-state index in [1.165, 1.54) is 22.7 Å². The van der Waals surface area contributed by atoms with Crippen molar-refractivity contribution in [2.75, 3.05) is 58.7 Å². The summed E-state index contributed by atoms with van der Waals surface area (Å²) < 4.78 is 18.0. The van der Waals surface area contributed by atoms with Crippen molar-refractivity contribution in [2.24, 2.45) is 0 Å². The van der Waals surface area contributed by atoms with Crippen molar-refractivity contribution < 1.29 is 33.3 Å². The van der Waals surface area contributed by atoms with Gasteiger partial charge < -0.3 is 9.47 Å². The summed E-state index contributed by atoms with van der Waals surface area (Å²) in [6.45, 7) is 4.97. The molecule has 0 bridgehead atoms. The van der Waals surface area contributed by atoms with Crippen molar-refractivity contribution in [3.63, 3.8) is 0 Å². The normalized spacial score (nSPS) is 18.2. The summed E-state index contributed by atoms with van der Waals surface area (Å²) in [5.74, 6) is -0.882. The van der Waals surface area contributed by atoms with E-state index >= 15 is 0 Å². The van der Waals surface area contributed by atoms with Gasteiger partial charge in [-0.3, -0.25) is 0 Å². The zero-order chi connectivity index (χ0) is 34.0. The van der Waals surface area contributed by atoms with Crippen molar-refractivity contribution in [2.45, 2.75) is 11.4 Å². The average Bonchev–Trinajstić information content (AvgIpc) is 3.13. The Kier molecular flexibility index (Phi) is 12.5. The Balaban J connectivity index is 1.48. The van der Waals surface area contributed by atoms with Crippen LogP contribution in [0.1, 0.15) is 0 Å². The molecule has 5 rings (SSSR count). The first kappa shape index (κ1) is 36.2. The maximum atomic E-state index is 13.9. The van der Waals surface area contributed by atoms with Crippen LogP contribution in [-0.4, -0.2) is 92.8 Å². The Bertz CT molecular complexity index is 1530. The van der Waals surface area contributed by atoms with Crippen molar-refractivity contribution in [1.82, 2.24) is 10.2 Å². The number of amides is 2. The molecule has 0 spiro atoms. The third kappa shape index (κ3) is 7.41. The zero-order valence-electron chi connectivity index (χ0n) is 26.8. The number of hydrogen-bond donors (Lipinski definition) is 1. The van der Waals surface area contributed by atoms with Gasteiger partial charge in [-0.1, -0.05) is 0 Å². The molecular formula is C36H40IN2O7PS. The number of carbonyl (C=O) groups excluding carboxylic acids is 3. The molecule has 2 atom stereocenters. The molecule has 1 fully saturated rings. The molecule has 254 valence electrons. The van der Waals surface area contributed by atoms with Crippen LogP contribution in [0.5, 0.6) is 0 Å². The first-order chi connectivity index (χ1) is 23.3. The second kappa shape index (κ2) is 16.6. The van der Waals surface area contributed by atoms with Crippen LogP contribution in [0.4, 0.5) is 0 Å². The Labute approximate surface area is 298 Å². The number of β-lactam (4-membered cyclic amide) rings is 1. The minimum atomic E-state index is -3.35. The molecule has 1 N–H and O–H groups in total. The van der Waals surface area contributed by atoms with E-state index in [1.807, 2.05) is 54.6 Å². The van der Waals surface area contributed by atoms with E-state index in [4.69, 9.17) is 18.9 Å². The molecule has 0 saturated carbocycles. The van der Waals surface area contributed by atoms with E-state index in [2.05, 4.69) is 70.3 Å². The third-order valence-electron chi connectivity index (χ3n) is 8.30. The van der Waals surface area contributed by atoms with Gasteiger partial charge in [-0.2, -0.15) is 0 Å². The van der Waals surface area contributed by atoms with Crippen molar-refractivity contribution >= 4 is 71.7 Å². The first-order valence-electron chi connectivity index (χ1n) is 15.6. The van der Waals surface area contributed by atoms with E-state index in [0.29, 0.717) is 31.7 Å². The van der Waals surface area contributed by atoms with Gasteiger partial charge in [0.2, 0.25) is 0 Å². The molecule has 0 aliphatic carbocycles. The van der Waals surface area contributed by atoms with E-state index in [0.717, 1.165) is 21.5 Å². The average molecular weight is 803 g/mol. The van der Waals surface area contributed by atoms with E-state index in [1.54, 1.807) is 7.11 Å². The van der Waals surface area contributed by atoms with Gasteiger partial charge in [0.25, 0.3) is 0 Å². The predicted octanol–water partition coefficient (Wildman–Crippen LogP) is 3.93. The predicted molar refractivity (Wildman–Crippen MR) is 201 cm³/mol. The zero-order valence-corrected chi connectivity index (χ0v) is 30.7. The van der Waals surface area contributed by atoms with Crippen molar-refractivity contribution in [1.29, 1.82) is 0 Å². The molecule has 9 nitrogen and oxygen atoms in total. The number of nitrogens with zero attached hydrogens (tertiary/aromatic N) is 1. The number of benzene rings is 3. The van der Waals surface area contributed by atoms with E-state index < -0.39 is 27.5 Å². The van der Waals surface area contributed by atoms with Crippen LogP contribution < -0.4 is 21.2 Å². The van der Waals surface area contributed by atoms with Gasteiger partial charge in [-0.15, -0.1) is 0 Å². The number of halogens is 1. The first-order valence-corrected chi connectivity index (χ1v) is 21.9.